The van der Waals surface area contributed by atoms with Crippen molar-refractivity contribution < 1.29 is 0 Å². The SMILES string of the molecule is Cc1ccc2sc(-c3ccccc3-c3cccc4cc5c(-c6ccccc6)c6ccccc6c(-c6ccccc6)c5cc34)nc2c1. The van der Waals surface area contributed by atoms with Crippen LogP contribution < -0.4 is 0 Å². The van der Waals surface area contributed by atoms with E-state index in [0.29, 0.717) is 0 Å². The number of aryl methyl sites for hydroxylation is 1. The fraction of sp³-hybridized carbons (Fsp3) is 0.0227. The van der Waals surface area contributed by atoms with Crippen LogP contribution in [0.1, 0.15) is 5.56 Å². The highest BCUT2D eigenvalue weighted by molar-refractivity contribution is 7.21. The zero-order chi connectivity index (χ0) is 30.6. The average Bonchev–Trinajstić information content (AvgIpc) is 3.53. The number of hydrogen-bond acceptors (Lipinski definition) is 2. The van der Waals surface area contributed by atoms with Gasteiger partial charge in [0.25, 0.3) is 0 Å². The fourth-order valence-electron chi connectivity index (χ4n) is 7.07. The number of nitrogens with zero attached hydrogens (tertiary/aromatic N) is 1. The third-order valence-corrected chi connectivity index (χ3v) is 10.2. The first-order chi connectivity index (χ1) is 22.7. The summed E-state index contributed by atoms with van der Waals surface area (Å²) in [7, 11) is 0. The van der Waals surface area contributed by atoms with Gasteiger partial charge in [0.05, 0.1) is 10.2 Å². The molecule has 0 N–H and O–H groups in total. The maximum Gasteiger partial charge on any atom is 0.125 e. The van der Waals surface area contributed by atoms with Gasteiger partial charge in [-0.3, -0.25) is 0 Å². The van der Waals surface area contributed by atoms with Crippen molar-refractivity contribution in [3.05, 3.63) is 163 Å². The highest BCUT2D eigenvalue weighted by Crippen LogP contribution is 2.47. The molecule has 0 saturated carbocycles. The highest BCUT2D eigenvalue weighted by Gasteiger charge is 2.19. The lowest BCUT2D eigenvalue weighted by atomic mass is 9.84. The van der Waals surface area contributed by atoms with Gasteiger partial charge < -0.3 is 0 Å². The van der Waals surface area contributed by atoms with Crippen molar-refractivity contribution in [3.63, 3.8) is 0 Å². The molecule has 0 saturated heterocycles. The Bertz CT molecular complexity index is 2580. The predicted molar refractivity (Wildman–Crippen MR) is 199 cm³/mol. The van der Waals surface area contributed by atoms with Gasteiger partial charge in [0.2, 0.25) is 0 Å². The minimum atomic E-state index is 1.05. The van der Waals surface area contributed by atoms with Crippen molar-refractivity contribution in [2.75, 3.05) is 0 Å². The Morgan fingerprint density at radius 3 is 1.72 bits per heavy atom. The first-order valence-corrected chi connectivity index (χ1v) is 16.5. The molecule has 0 spiro atoms. The monoisotopic (exact) mass is 603 g/mol. The van der Waals surface area contributed by atoms with E-state index in [2.05, 4.69) is 165 Å². The van der Waals surface area contributed by atoms with Gasteiger partial charge in [-0.25, -0.2) is 4.98 Å². The zero-order valence-corrected chi connectivity index (χ0v) is 26.2. The minimum absolute atomic E-state index is 1.05. The number of aromatic nitrogens is 1. The summed E-state index contributed by atoms with van der Waals surface area (Å²) in [5.41, 5.74) is 10.9. The van der Waals surface area contributed by atoms with Gasteiger partial charge in [-0.15, -0.1) is 11.3 Å². The molecule has 0 radical (unpaired) electrons. The third-order valence-electron chi connectivity index (χ3n) is 9.14. The average molecular weight is 604 g/mol. The summed E-state index contributed by atoms with van der Waals surface area (Å²) >= 11 is 1.77. The van der Waals surface area contributed by atoms with E-state index in [9.17, 15) is 0 Å². The lowest BCUT2D eigenvalue weighted by molar-refractivity contribution is 1.44. The van der Waals surface area contributed by atoms with E-state index in [4.69, 9.17) is 4.98 Å². The van der Waals surface area contributed by atoms with Crippen LogP contribution in [-0.4, -0.2) is 4.98 Å². The van der Waals surface area contributed by atoms with Crippen LogP contribution in [0.3, 0.4) is 0 Å². The smallest absolute Gasteiger partial charge is 0.125 e. The second-order valence-electron chi connectivity index (χ2n) is 12.0. The molecule has 0 aliphatic rings. The maximum atomic E-state index is 5.11. The number of fused-ring (bicyclic) bond motifs is 4. The Balaban J connectivity index is 1.38. The molecule has 1 heterocycles. The minimum Gasteiger partial charge on any atom is -0.236 e. The van der Waals surface area contributed by atoms with Crippen molar-refractivity contribution in [2.24, 2.45) is 0 Å². The van der Waals surface area contributed by atoms with Crippen LogP contribution in [-0.2, 0) is 0 Å². The number of hydrogen-bond donors (Lipinski definition) is 0. The van der Waals surface area contributed by atoms with Crippen LogP contribution >= 0.6 is 11.3 Å². The predicted octanol–water partition coefficient (Wildman–Crippen LogP) is 12.7. The lowest BCUT2D eigenvalue weighted by Gasteiger charge is -2.19. The summed E-state index contributed by atoms with van der Waals surface area (Å²) < 4.78 is 1.21. The number of thiazole rings is 1. The topological polar surface area (TPSA) is 12.9 Å². The summed E-state index contributed by atoms with van der Waals surface area (Å²) in [5.74, 6) is 0. The molecule has 2 heteroatoms. The van der Waals surface area contributed by atoms with Crippen LogP contribution in [0.25, 0.3) is 86.5 Å². The molecule has 46 heavy (non-hydrogen) atoms. The van der Waals surface area contributed by atoms with E-state index < -0.39 is 0 Å². The molecule has 9 aromatic rings. The second-order valence-corrected chi connectivity index (χ2v) is 13.0. The highest BCUT2D eigenvalue weighted by atomic mass is 32.1. The lowest BCUT2D eigenvalue weighted by Crippen LogP contribution is -1.92. The van der Waals surface area contributed by atoms with E-state index in [1.165, 1.54) is 81.5 Å². The molecule has 216 valence electrons. The number of rotatable bonds is 4. The Morgan fingerprint density at radius 2 is 1.02 bits per heavy atom. The van der Waals surface area contributed by atoms with Crippen LogP contribution in [0.4, 0.5) is 0 Å². The Labute approximate surface area is 272 Å². The van der Waals surface area contributed by atoms with E-state index in [-0.39, 0.29) is 0 Å². The molecule has 0 aliphatic heterocycles. The summed E-state index contributed by atoms with van der Waals surface area (Å²) in [6, 6.07) is 57.5. The normalized spacial score (nSPS) is 11.6. The van der Waals surface area contributed by atoms with Gasteiger partial charge in [0, 0.05) is 5.56 Å². The first kappa shape index (κ1) is 26.8. The molecule has 0 fully saturated rings. The Morgan fingerprint density at radius 1 is 0.435 bits per heavy atom. The molecular weight excluding hydrogens is 575 g/mol. The van der Waals surface area contributed by atoms with Gasteiger partial charge in [0.15, 0.2) is 0 Å². The summed E-state index contributed by atoms with van der Waals surface area (Å²) in [5, 5.41) is 8.59. The third kappa shape index (κ3) is 4.34. The van der Waals surface area contributed by atoms with Crippen LogP contribution in [0, 0.1) is 6.92 Å². The van der Waals surface area contributed by atoms with E-state index in [1.807, 2.05) is 0 Å². The largest absolute Gasteiger partial charge is 0.236 e. The maximum absolute atomic E-state index is 5.11. The van der Waals surface area contributed by atoms with Crippen molar-refractivity contribution in [3.8, 4) is 44.0 Å². The van der Waals surface area contributed by atoms with Gasteiger partial charge >= 0.3 is 0 Å². The standard InChI is InChI=1S/C44H29NS/c1-28-23-24-41-40(25-28)45-44(46-41)36-21-11-8-18-32(36)33-22-12-17-31-26-38-39(27-37(31)33)43(30-15-6-3-7-16-30)35-20-10-9-19-34(35)42(38)29-13-4-2-5-14-29/h2-27H,1H3. The van der Waals surface area contributed by atoms with Crippen LogP contribution in [0.15, 0.2) is 158 Å². The van der Waals surface area contributed by atoms with Gasteiger partial charge in [-0.05, 0) is 102 Å². The molecular formula is C44H29NS. The molecule has 0 bridgehead atoms. The molecule has 0 unspecified atom stereocenters. The fourth-order valence-corrected chi connectivity index (χ4v) is 8.06. The van der Waals surface area contributed by atoms with Crippen LogP contribution in [0.5, 0.6) is 0 Å². The van der Waals surface area contributed by atoms with Gasteiger partial charge in [0.1, 0.15) is 5.01 Å². The molecule has 9 rings (SSSR count). The first-order valence-electron chi connectivity index (χ1n) is 15.7. The molecule has 0 atom stereocenters. The molecule has 0 aliphatic carbocycles. The van der Waals surface area contributed by atoms with E-state index in [1.54, 1.807) is 11.3 Å². The van der Waals surface area contributed by atoms with Gasteiger partial charge in [-0.2, -0.15) is 0 Å². The Kier molecular flexibility index (Phi) is 6.29. The summed E-state index contributed by atoms with van der Waals surface area (Å²) in [4.78, 5) is 5.11. The van der Waals surface area contributed by atoms with Crippen LogP contribution in [0.2, 0.25) is 0 Å². The molecule has 8 aromatic carbocycles. The van der Waals surface area contributed by atoms with E-state index in [0.717, 1.165) is 10.5 Å². The quantitative estimate of drug-likeness (QED) is 0.182. The molecule has 1 aromatic heterocycles. The second kappa shape index (κ2) is 10.8. The zero-order valence-electron chi connectivity index (χ0n) is 25.4. The van der Waals surface area contributed by atoms with Crippen molar-refractivity contribution in [2.45, 2.75) is 6.92 Å². The molecule has 0 amide bonds. The van der Waals surface area contributed by atoms with Crippen molar-refractivity contribution in [1.82, 2.24) is 4.98 Å². The van der Waals surface area contributed by atoms with Crippen molar-refractivity contribution >= 4 is 53.9 Å². The summed E-state index contributed by atoms with van der Waals surface area (Å²) in [6.45, 7) is 2.13. The summed E-state index contributed by atoms with van der Waals surface area (Å²) in [6.07, 6.45) is 0. The Hall–Kier alpha value is -5.57. The number of benzene rings is 8. The van der Waals surface area contributed by atoms with Crippen molar-refractivity contribution in [1.29, 1.82) is 0 Å². The van der Waals surface area contributed by atoms with Gasteiger partial charge in [-0.1, -0.05) is 133 Å². The van der Waals surface area contributed by atoms with E-state index >= 15 is 0 Å². The molecule has 1 nitrogen and oxygen atoms in total.